The van der Waals surface area contributed by atoms with Crippen LogP contribution >= 0.6 is 11.6 Å². The summed E-state index contributed by atoms with van der Waals surface area (Å²) in [5.41, 5.74) is 2.43. The topological polar surface area (TPSA) is 79.0 Å². The van der Waals surface area contributed by atoms with Crippen LogP contribution in [0.25, 0.3) is 0 Å². The lowest BCUT2D eigenvalue weighted by Crippen LogP contribution is -2.48. The van der Waals surface area contributed by atoms with Gasteiger partial charge in [0.15, 0.2) is 0 Å². The van der Waals surface area contributed by atoms with E-state index in [9.17, 15) is 14.4 Å². The Kier molecular flexibility index (Phi) is 7.00. The van der Waals surface area contributed by atoms with Crippen LogP contribution in [-0.4, -0.2) is 54.5 Å². The van der Waals surface area contributed by atoms with Crippen molar-refractivity contribution in [1.82, 2.24) is 10.2 Å². The standard InChI is InChI=1S/C25H28ClN3O4/c1-16-14-28(15-17(2)33-16)25(32)19-7-5-18(6-8-19)13-27-24(31)21-10-9-20(26)12-22(21)29-11-3-4-23(29)30/h5-10,12,16-17H,3-4,11,13-15H2,1-2H3,(H,27,31). The summed E-state index contributed by atoms with van der Waals surface area (Å²) in [5.74, 6) is -0.304. The number of morpholine rings is 1. The summed E-state index contributed by atoms with van der Waals surface area (Å²) in [6, 6.07) is 12.2. The monoisotopic (exact) mass is 469 g/mol. The molecule has 2 heterocycles. The molecular formula is C25H28ClN3O4. The highest BCUT2D eigenvalue weighted by Gasteiger charge is 2.27. The molecule has 174 valence electrons. The zero-order chi connectivity index (χ0) is 23.5. The van der Waals surface area contributed by atoms with E-state index in [-0.39, 0.29) is 29.9 Å². The summed E-state index contributed by atoms with van der Waals surface area (Å²) in [6.07, 6.45) is 1.27. The number of amides is 3. The maximum absolute atomic E-state index is 12.9. The molecule has 2 saturated heterocycles. The summed E-state index contributed by atoms with van der Waals surface area (Å²) in [6.45, 7) is 5.96. The minimum atomic E-state index is -0.280. The lowest BCUT2D eigenvalue weighted by Gasteiger charge is -2.35. The van der Waals surface area contributed by atoms with Crippen LogP contribution in [0, 0.1) is 0 Å². The molecule has 0 radical (unpaired) electrons. The summed E-state index contributed by atoms with van der Waals surface area (Å²) < 4.78 is 5.70. The Morgan fingerprint density at radius 2 is 1.79 bits per heavy atom. The van der Waals surface area contributed by atoms with Gasteiger partial charge in [-0.05, 0) is 56.2 Å². The molecule has 0 aromatic heterocycles. The third kappa shape index (κ3) is 5.37. The van der Waals surface area contributed by atoms with Gasteiger partial charge in [-0.3, -0.25) is 14.4 Å². The van der Waals surface area contributed by atoms with Gasteiger partial charge in [0, 0.05) is 43.2 Å². The molecule has 2 fully saturated rings. The molecule has 2 atom stereocenters. The van der Waals surface area contributed by atoms with Crippen LogP contribution in [0.15, 0.2) is 42.5 Å². The van der Waals surface area contributed by atoms with Gasteiger partial charge in [0.25, 0.3) is 11.8 Å². The fourth-order valence-corrected chi connectivity index (χ4v) is 4.56. The number of hydrogen-bond donors (Lipinski definition) is 1. The zero-order valence-corrected chi connectivity index (χ0v) is 19.6. The first-order chi connectivity index (χ1) is 15.8. The molecule has 0 spiro atoms. The molecule has 1 N–H and O–H groups in total. The van der Waals surface area contributed by atoms with Crippen molar-refractivity contribution in [2.45, 2.75) is 45.4 Å². The van der Waals surface area contributed by atoms with Crippen LogP contribution in [0.3, 0.4) is 0 Å². The first kappa shape index (κ1) is 23.3. The molecule has 0 bridgehead atoms. The van der Waals surface area contributed by atoms with E-state index >= 15 is 0 Å². The first-order valence-corrected chi connectivity index (χ1v) is 11.6. The average Bonchev–Trinajstić information content (AvgIpc) is 3.22. The number of rotatable bonds is 5. The molecule has 0 saturated carbocycles. The van der Waals surface area contributed by atoms with E-state index in [1.165, 1.54) is 0 Å². The summed E-state index contributed by atoms with van der Waals surface area (Å²) in [7, 11) is 0. The Bertz CT molecular complexity index is 1050. The van der Waals surface area contributed by atoms with Crippen molar-refractivity contribution >= 4 is 35.0 Å². The van der Waals surface area contributed by atoms with Crippen LogP contribution in [0.5, 0.6) is 0 Å². The number of nitrogens with zero attached hydrogens (tertiary/aromatic N) is 2. The summed E-state index contributed by atoms with van der Waals surface area (Å²) >= 11 is 6.13. The quantitative estimate of drug-likeness (QED) is 0.725. The fraction of sp³-hybridized carbons (Fsp3) is 0.400. The van der Waals surface area contributed by atoms with Crippen LogP contribution in [0.2, 0.25) is 5.02 Å². The van der Waals surface area contributed by atoms with Crippen molar-refractivity contribution in [1.29, 1.82) is 0 Å². The molecule has 4 rings (SSSR count). The van der Waals surface area contributed by atoms with Gasteiger partial charge in [-0.1, -0.05) is 23.7 Å². The molecule has 2 aliphatic heterocycles. The van der Waals surface area contributed by atoms with E-state index in [0.29, 0.717) is 54.4 Å². The van der Waals surface area contributed by atoms with Gasteiger partial charge in [-0.25, -0.2) is 0 Å². The van der Waals surface area contributed by atoms with Crippen LogP contribution in [-0.2, 0) is 16.1 Å². The number of anilines is 1. The number of carbonyl (C=O) groups is 3. The van der Waals surface area contributed by atoms with E-state index < -0.39 is 0 Å². The van der Waals surface area contributed by atoms with E-state index in [0.717, 1.165) is 12.0 Å². The minimum Gasteiger partial charge on any atom is -0.372 e. The van der Waals surface area contributed by atoms with Crippen LogP contribution in [0.1, 0.15) is 53.0 Å². The molecule has 3 amide bonds. The first-order valence-electron chi connectivity index (χ1n) is 11.2. The van der Waals surface area contributed by atoms with Gasteiger partial charge in [-0.2, -0.15) is 0 Å². The summed E-state index contributed by atoms with van der Waals surface area (Å²) in [5, 5.41) is 3.38. The molecule has 8 heteroatoms. The smallest absolute Gasteiger partial charge is 0.254 e. The van der Waals surface area contributed by atoms with Gasteiger partial charge in [-0.15, -0.1) is 0 Å². The van der Waals surface area contributed by atoms with Crippen molar-refractivity contribution in [3.63, 3.8) is 0 Å². The third-order valence-electron chi connectivity index (χ3n) is 5.93. The lowest BCUT2D eigenvalue weighted by molar-refractivity contribution is -0.117. The van der Waals surface area contributed by atoms with Crippen LogP contribution in [0.4, 0.5) is 5.69 Å². The molecule has 7 nitrogen and oxygen atoms in total. The largest absolute Gasteiger partial charge is 0.372 e. The predicted molar refractivity (Wildman–Crippen MR) is 127 cm³/mol. The number of carbonyl (C=O) groups excluding carboxylic acids is 3. The molecule has 2 aromatic rings. The van der Waals surface area contributed by atoms with Gasteiger partial charge in [0.2, 0.25) is 5.91 Å². The molecule has 33 heavy (non-hydrogen) atoms. The Labute approximate surface area is 198 Å². The predicted octanol–water partition coefficient (Wildman–Crippen LogP) is 3.65. The second kappa shape index (κ2) is 9.93. The van der Waals surface area contributed by atoms with Crippen molar-refractivity contribution < 1.29 is 19.1 Å². The van der Waals surface area contributed by atoms with Crippen molar-refractivity contribution in [3.8, 4) is 0 Å². The highest BCUT2D eigenvalue weighted by Crippen LogP contribution is 2.28. The van der Waals surface area contributed by atoms with Crippen LogP contribution < -0.4 is 10.2 Å². The maximum atomic E-state index is 12.9. The van der Waals surface area contributed by atoms with Crippen molar-refractivity contribution in [2.75, 3.05) is 24.5 Å². The van der Waals surface area contributed by atoms with E-state index in [4.69, 9.17) is 16.3 Å². The lowest BCUT2D eigenvalue weighted by atomic mass is 10.1. The number of ether oxygens (including phenoxy) is 1. The van der Waals surface area contributed by atoms with Crippen molar-refractivity contribution in [3.05, 3.63) is 64.2 Å². The molecular weight excluding hydrogens is 442 g/mol. The maximum Gasteiger partial charge on any atom is 0.254 e. The van der Waals surface area contributed by atoms with E-state index in [1.807, 2.05) is 30.9 Å². The normalized spacial score (nSPS) is 20.8. The average molecular weight is 470 g/mol. The van der Waals surface area contributed by atoms with Gasteiger partial charge >= 0.3 is 0 Å². The number of halogens is 1. The second-order valence-corrected chi connectivity index (χ2v) is 9.09. The zero-order valence-electron chi connectivity index (χ0n) is 18.8. The molecule has 2 unspecified atom stereocenters. The second-order valence-electron chi connectivity index (χ2n) is 8.66. The summed E-state index contributed by atoms with van der Waals surface area (Å²) in [4.78, 5) is 41.3. The molecule has 0 aliphatic carbocycles. The Morgan fingerprint density at radius 3 is 2.42 bits per heavy atom. The van der Waals surface area contributed by atoms with Gasteiger partial charge in [0.05, 0.1) is 23.5 Å². The molecule has 2 aliphatic rings. The number of hydrogen-bond acceptors (Lipinski definition) is 4. The highest BCUT2D eigenvalue weighted by molar-refractivity contribution is 6.31. The van der Waals surface area contributed by atoms with E-state index in [2.05, 4.69) is 5.32 Å². The number of benzene rings is 2. The van der Waals surface area contributed by atoms with Gasteiger partial charge in [0.1, 0.15) is 0 Å². The Hall–Kier alpha value is -2.90. The fourth-order valence-electron chi connectivity index (χ4n) is 4.39. The SMILES string of the molecule is CC1CN(C(=O)c2ccc(CNC(=O)c3ccc(Cl)cc3N3CCCC3=O)cc2)CC(C)O1. The Balaban J connectivity index is 1.40. The molecule has 2 aromatic carbocycles. The third-order valence-corrected chi connectivity index (χ3v) is 6.16. The highest BCUT2D eigenvalue weighted by atomic mass is 35.5. The van der Waals surface area contributed by atoms with E-state index in [1.54, 1.807) is 35.2 Å². The van der Waals surface area contributed by atoms with Gasteiger partial charge < -0.3 is 19.9 Å². The van der Waals surface area contributed by atoms with Crippen molar-refractivity contribution in [2.24, 2.45) is 0 Å². The number of nitrogens with one attached hydrogen (secondary N) is 1. The minimum absolute atomic E-state index is 0.00405. The Morgan fingerprint density at radius 1 is 1.09 bits per heavy atom.